The smallest absolute Gasteiger partial charge is 0.133 e. The second-order valence-electron chi connectivity index (χ2n) is 4.51. The molecule has 0 saturated heterocycles. The summed E-state index contributed by atoms with van der Waals surface area (Å²) < 4.78 is 5.82. The van der Waals surface area contributed by atoms with E-state index in [-0.39, 0.29) is 0 Å². The van der Waals surface area contributed by atoms with Gasteiger partial charge in [0.15, 0.2) is 0 Å². The Morgan fingerprint density at radius 1 is 1.00 bits per heavy atom. The van der Waals surface area contributed by atoms with Crippen LogP contribution in [0.5, 0.6) is 11.5 Å². The maximum Gasteiger partial charge on any atom is 0.133 e. The number of hydrogen-bond donors (Lipinski definition) is 1. The first-order valence-corrected chi connectivity index (χ1v) is 6.04. The monoisotopic (exact) mass is 263 g/mol. The van der Waals surface area contributed by atoms with Crippen molar-refractivity contribution in [3.05, 3.63) is 52.6 Å². The molecule has 0 amide bonds. The van der Waals surface area contributed by atoms with E-state index in [0.717, 1.165) is 11.1 Å². The molecule has 2 aromatic rings. The van der Waals surface area contributed by atoms with E-state index in [1.54, 1.807) is 30.3 Å². The lowest BCUT2D eigenvalue weighted by atomic mass is 10.1. The van der Waals surface area contributed by atoms with E-state index in [0.29, 0.717) is 28.3 Å². The van der Waals surface area contributed by atoms with Gasteiger partial charge in [-0.25, -0.2) is 0 Å². The van der Waals surface area contributed by atoms with Crippen LogP contribution >= 0.6 is 0 Å². The predicted octanol–water partition coefficient (Wildman–Crippen LogP) is 3.42. The minimum atomic E-state index is 0.383. The van der Waals surface area contributed by atoms with Crippen LogP contribution in [0.1, 0.15) is 22.3 Å². The summed E-state index contributed by atoms with van der Waals surface area (Å²) in [7, 11) is 0. The molecule has 0 atom stereocenters. The molecule has 0 aromatic heterocycles. The number of rotatable bonds is 2. The molecule has 0 spiro atoms. The van der Waals surface area contributed by atoms with Crippen molar-refractivity contribution in [2.24, 2.45) is 0 Å². The normalized spacial score (nSPS) is 9.60. The average molecular weight is 263 g/mol. The molecule has 2 N–H and O–H groups in total. The van der Waals surface area contributed by atoms with Gasteiger partial charge in [0.2, 0.25) is 0 Å². The minimum Gasteiger partial charge on any atom is -0.457 e. The minimum absolute atomic E-state index is 0.383. The largest absolute Gasteiger partial charge is 0.457 e. The molecule has 0 heterocycles. The van der Waals surface area contributed by atoms with Crippen LogP contribution in [-0.4, -0.2) is 0 Å². The number of anilines is 1. The molecule has 20 heavy (non-hydrogen) atoms. The van der Waals surface area contributed by atoms with Crippen LogP contribution in [0, 0.1) is 36.5 Å². The topological polar surface area (TPSA) is 82.8 Å². The van der Waals surface area contributed by atoms with Crippen LogP contribution in [0.2, 0.25) is 0 Å². The van der Waals surface area contributed by atoms with Gasteiger partial charge < -0.3 is 10.5 Å². The van der Waals surface area contributed by atoms with Crippen LogP contribution in [0.3, 0.4) is 0 Å². The Morgan fingerprint density at radius 3 is 2.15 bits per heavy atom. The highest BCUT2D eigenvalue weighted by Crippen LogP contribution is 2.31. The Bertz CT molecular complexity index is 728. The molecule has 2 aromatic carbocycles. The Hall–Kier alpha value is -2.98. The lowest BCUT2D eigenvalue weighted by Gasteiger charge is -2.12. The molecule has 4 heteroatoms. The van der Waals surface area contributed by atoms with Crippen LogP contribution in [0.25, 0.3) is 0 Å². The van der Waals surface area contributed by atoms with E-state index in [9.17, 15) is 0 Å². The summed E-state index contributed by atoms with van der Waals surface area (Å²) in [6.07, 6.45) is 0. The number of nitrogen functional groups attached to an aromatic ring is 1. The third kappa shape index (κ3) is 2.55. The van der Waals surface area contributed by atoms with E-state index >= 15 is 0 Å². The first kappa shape index (κ1) is 13.5. The van der Waals surface area contributed by atoms with E-state index in [1.807, 2.05) is 19.9 Å². The molecular formula is C16H13N3O. The Morgan fingerprint density at radius 2 is 1.65 bits per heavy atom. The summed E-state index contributed by atoms with van der Waals surface area (Å²) in [6.45, 7) is 3.77. The molecule has 0 fully saturated rings. The predicted molar refractivity (Wildman–Crippen MR) is 76.3 cm³/mol. The van der Waals surface area contributed by atoms with Gasteiger partial charge in [0, 0.05) is 6.07 Å². The number of nitriles is 2. The second-order valence-corrected chi connectivity index (χ2v) is 4.51. The molecule has 0 aliphatic carbocycles. The molecule has 0 aliphatic rings. The molecule has 0 unspecified atom stereocenters. The molecule has 4 nitrogen and oxygen atoms in total. The summed E-state index contributed by atoms with van der Waals surface area (Å²) in [6, 6.07) is 12.6. The second kappa shape index (κ2) is 5.34. The summed E-state index contributed by atoms with van der Waals surface area (Å²) in [5.74, 6) is 1.27. The van der Waals surface area contributed by atoms with Crippen molar-refractivity contribution in [2.45, 2.75) is 13.8 Å². The van der Waals surface area contributed by atoms with Crippen molar-refractivity contribution in [1.29, 1.82) is 10.5 Å². The average Bonchev–Trinajstić information content (AvgIpc) is 2.42. The van der Waals surface area contributed by atoms with Gasteiger partial charge in [-0.1, -0.05) is 0 Å². The SMILES string of the molecule is Cc1cc(C#N)cc(C)c1Oc1ccc(C#N)c(N)c1. The molecule has 0 saturated carbocycles. The van der Waals surface area contributed by atoms with Gasteiger partial charge in [-0.3, -0.25) is 0 Å². The summed E-state index contributed by atoms with van der Waals surface area (Å²) >= 11 is 0. The first-order chi connectivity index (χ1) is 9.55. The van der Waals surface area contributed by atoms with E-state index < -0.39 is 0 Å². The quantitative estimate of drug-likeness (QED) is 0.841. The molecule has 2 rings (SSSR count). The van der Waals surface area contributed by atoms with Gasteiger partial charge >= 0.3 is 0 Å². The number of ether oxygens (including phenoxy) is 1. The van der Waals surface area contributed by atoms with Gasteiger partial charge in [-0.15, -0.1) is 0 Å². The third-order valence-corrected chi connectivity index (χ3v) is 2.95. The maximum atomic E-state index is 8.92. The zero-order valence-electron chi connectivity index (χ0n) is 11.3. The van der Waals surface area contributed by atoms with Gasteiger partial charge in [-0.2, -0.15) is 10.5 Å². The van der Waals surface area contributed by atoms with Crippen molar-refractivity contribution in [3.8, 4) is 23.6 Å². The third-order valence-electron chi connectivity index (χ3n) is 2.95. The van der Waals surface area contributed by atoms with Crippen LogP contribution < -0.4 is 10.5 Å². The van der Waals surface area contributed by atoms with E-state index in [2.05, 4.69) is 6.07 Å². The van der Waals surface area contributed by atoms with E-state index in [1.165, 1.54) is 0 Å². The van der Waals surface area contributed by atoms with Crippen LogP contribution in [0.15, 0.2) is 30.3 Å². The highest BCUT2D eigenvalue weighted by Gasteiger charge is 2.09. The van der Waals surface area contributed by atoms with Gasteiger partial charge in [0.1, 0.15) is 17.6 Å². The van der Waals surface area contributed by atoms with Gasteiger partial charge in [0.05, 0.1) is 22.9 Å². The molecule has 0 bridgehead atoms. The lowest BCUT2D eigenvalue weighted by Crippen LogP contribution is -1.95. The highest BCUT2D eigenvalue weighted by molar-refractivity contribution is 5.58. The van der Waals surface area contributed by atoms with Crippen molar-refractivity contribution < 1.29 is 4.74 Å². The number of benzene rings is 2. The van der Waals surface area contributed by atoms with Crippen molar-refractivity contribution in [1.82, 2.24) is 0 Å². The zero-order chi connectivity index (χ0) is 14.7. The molecule has 0 aliphatic heterocycles. The fourth-order valence-electron chi connectivity index (χ4n) is 2.00. The van der Waals surface area contributed by atoms with E-state index in [4.69, 9.17) is 21.0 Å². The highest BCUT2D eigenvalue weighted by atomic mass is 16.5. The summed E-state index contributed by atoms with van der Waals surface area (Å²) in [5.41, 5.74) is 8.93. The van der Waals surface area contributed by atoms with Crippen LogP contribution in [0.4, 0.5) is 5.69 Å². The number of aryl methyl sites for hydroxylation is 2. The van der Waals surface area contributed by atoms with Gasteiger partial charge in [-0.05, 0) is 49.2 Å². The lowest BCUT2D eigenvalue weighted by molar-refractivity contribution is 0.475. The Kier molecular flexibility index (Phi) is 3.59. The molecule has 98 valence electrons. The van der Waals surface area contributed by atoms with Crippen molar-refractivity contribution >= 4 is 5.69 Å². The zero-order valence-corrected chi connectivity index (χ0v) is 11.3. The summed E-state index contributed by atoms with van der Waals surface area (Å²) in [4.78, 5) is 0. The van der Waals surface area contributed by atoms with Crippen molar-refractivity contribution in [2.75, 3.05) is 5.73 Å². The molecular weight excluding hydrogens is 250 g/mol. The Labute approximate surface area is 117 Å². The van der Waals surface area contributed by atoms with Crippen molar-refractivity contribution in [3.63, 3.8) is 0 Å². The standard InChI is InChI=1S/C16H13N3O/c1-10-5-12(8-17)6-11(2)16(10)20-14-4-3-13(9-18)15(19)7-14/h3-7H,19H2,1-2H3. The molecule has 0 radical (unpaired) electrons. The number of nitrogens with two attached hydrogens (primary N) is 1. The summed E-state index contributed by atoms with van der Waals surface area (Å²) in [5, 5.41) is 17.8. The van der Waals surface area contributed by atoms with Crippen LogP contribution in [-0.2, 0) is 0 Å². The Balaban J connectivity index is 2.39. The fraction of sp³-hybridized carbons (Fsp3) is 0.125. The first-order valence-electron chi connectivity index (χ1n) is 6.04. The number of nitrogens with zero attached hydrogens (tertiary/aromatic N) is 2. The number of hydrogen-bond acceptors (Lipinski definition) is 4. The maximum absolute atomic E-state index is 8.92. The van der Waals surface area contributed by atoms with Gasteiger partial charge in [0.25, 0.3) is 0 Å². The fourth-order valence-corrected chi connectivity index (χ4v) is 2.00.